The Labute approximate surface area is 123 Å². The van der Waals surface area contributed by atoms with Crippen LogP contribution < -0.4 is 10.6 Å². The van der Waals surface area contributed by atoms with Gasteiger partial charge < -0.3 is 20.5 Å². The monoisotopic (exact) mass is 298 g/mol. The minimum Gasteiger partial charge on any atom is -0.480 e. The van der Waals surface area contributed by atoms with Gasteiger partial charge in [0.2, 0.25) is 5.91 Å². The zero-order chi connectivity index (χ0) is 15.4. The van der Waals surface area contributed by atoms with E-state index < -0.39 is 18.0 Å². The van der Waals surface area contributed by atoms with Gasteiger partial charge in [-0.15, -0.1) is 0 Å². The normalized spacial score (nSPS) is 28.7. The maximum absolute atomic E-state index is 12.3. The average Bonchev–Trinajstić information content (AvgIpc) is 3.04. The Morgan fingerprint density at radius 1 is 1.38 bits per heavy atom. The fourth-order valence-electron chi connectivity index (χ4n) is 3.36. The van der Waals surface area contributed by atoms with Crippen LogP contribution in [0.5, 0.6) is 0 Å². The van der Waals surface area contributed by atoms with Crippen molar-refractivity contribution in [3.05, 3.63) is 0 Å². The van der Waals surface area contributed by atoms with Gasteiger partial charge in [-0.2, -0.15) is 0 Å². The highest BCUT2D eigenvalue weighted by molar-refractivity contribution is 5.87. The standard InChI is InChI=1S/C14H22N2O5/c1-21-11(17)6-5-10(14(19)20)16-13(18)12-9-4-2-3-8(9)7-15-12/h8-10,12,15H,2-7H2,1H3,(H,16,18)(H,19,20)/t8?,9?,10-,12?/m1/s1. The molecule has 0 bridgehead atoms. The van der Waals surface area contributed by atoms with Crippen molar-refractivity contribution >= 4 is 17.8 Å². The van der Waals surface area contributed by atoms with Gasteiger partial charge in [0, 0.05) is 6.42 Å². The van der Waals surface area contributed by atoms with Crippen LogP contribution in [-0.2, 0) is 19.1 Å². The fraction of sp³-hybridized carbons (Fsp3) is 0.786. The maximum Gasteiger partial charge on any atom is 0.326 e. The van der Waals surface area contributed by atoms with Crippen molar-refractivity contribution in [2.24, 2.45) is 11.8 Å². The molecule has 0 spiro atoms. The highest BCUT2D eigenvalue weighted by atomic mass is 16.5. The van der Waals surface area contributed by atoms with Crippen molar-refractivity contribution in [2.75, 3.05) is 13.7 Å². The lowest BCUT2D eigenvalue weighted by atomic mass is 9.93. The molecule has 1 saturated carbocycles. The summed E-state index contributed by atoms with van der Waals surface area (Å²) in [7, 11) is 1.25. The molecular weight excluding hydrogens is 276 g/mol. The zero-order valence-electron chi connectivity index (χ0n) is 12.1. The Hall–Kier alpha value is -1.63. The number of rotatable bonds is 6. The summed E-state index contributed by atoms with van der Waals surface area (Å²) in [5.41, 5.74) is 0. The summed E-state index contributed by atoms with van der Waals surface area (Å²) in [4.78, 5) is 34.5. The van der Waals surface area contributed by atoms with E-state index in [1.54, 1.807) is 0 Å². The van der Waals surface area contributed by atoms with Gasteiger partial charge in [0.15, 0.2) is 0 Å². The molecule has 3 N–H and O–H groups in total. The van der Waals surface area contributed by atoms with Gasteiger partial charge in [0.05, 0.1) is 13.2 Å². The van der Waals surface area contributed by atoms with Crippen LogP contribution in [0, 0.1) is 11.8 Å². The second kappa shape index (κ2) is 6.89. The molecule has 2 aliphatic rings. The van der Waals surface area contributed by atoms with Gasteiger partial charge in [0.25, 0.3) is 0 Å². The molecule has 1 heterocycles. The number of hydrogen-bond acceptors (Lipinski definition) is 5. The van der Waals surface area contributed by atoms with E-state index in [-0.39, 0.29) is 24.8 Å². The van der Waals surface area contributed by atoms with Crippen LogP contribution in [0.3, 0.4) is 0 Å². The number of hydrogen-bond donors (Lipinski definition) is 3. The predicted octanol–water partition coefficient (Wildman–Crippen LogP) is -0.103. The second-order valence-electron chi connectivity index (χ2n) is 5.75. The summed E-state index contributed by atoms with van der Waals surface area (Å²) in [6.07, 6.45) is 3.28. The Morgan fingerprint density at radius 2 is 2.14 bits per heavy atom. The molecular formula is C14H22N2O5. The number of aliphatic carboxylic acids is 1. The number of ether oxygens (including phenoxy) is 1. The number of carboxylic acids is 1. The molecule has 0 radical (unpaired) electrons. The van der Waals surface area contributed by atoms with Crippen LogP contribution in [0.2, 0.25) is 0 Å². The first-order chi connectivity index (χ1) is 10.0. The van der Waals surface area contributed by atoms with E-state index in [4.69, 9.17) is 5.11 Å². The fourth-order valence-corrected chi connectivity index (χ4v) is 3.36. The third kappa shape index (κ3) is 3.72. The number of carbonyl (C=O) groups excluding carboxylic acids is 2. The molecule has 4 atom stereocenters. The van der Waals surface area contributed by atoms with Crippen LogP contribution in [0.25, 0.3) is 0 Å². The number of carboxylic acid groups (broad SMARTS) is 1. The van der Waals surface area contributed by atoms with Crippen LogP contribution in [0.4, 0.5) is 0 Å². The number of nitrogens with one attached hydrogen (secondary N) is 2. The van der Waals surface area contributed by atoms with Gasteiger partial charge in [-0.05, 0) is 37.6 Å². The minimum absolute atomic E-state index is 0.0299. The lowest BCUT2D eigenvalue weighted by molar-refractivity contribution is -0.144. The van der Waals surface area contributed by atoms with E-state index in [1.165, 1.54) is 7.11 Å². The Bertz CT molecular complexity index is 426. The van der Waals surface area contributed by atoms with E-state index in [0.29, 0.717) is 11.8 Å². The lowest BCUT2D eigenvalue weighted by Crippen LogP contribution is -2.50. The quantitative estimate of drug-likeness (QED) is 0.591. The molecule has 1 aliphatic carbocycles. The van der Waals surface area contributed by atoms with Crippen molar-refractivity contribution in [3.63, 3.8) is 0 Å². The minimum atomic E-state index is -1.13. The Kier molecular flexibility index (Phi) is 5.17. The Morgan fingerprint density at radius 3 is 2.81 bits per heavy atom. The number of amides is 1. The van der Waals surface area contributed by atoms with Crippen molar-refractivity contribution in [1.82, 2.24) is 10.6 Å². The molecule has 1 aliphatic heterocycles. The highest BCUT2D eigenvalue weighted by Gasteiger charge is 2.43. The van der Waals surface area contributed by atoms with E-state index in [0.717, 1.165) is 25.8 Å². The third-order valence-corrected chi connectivity index (χ3v) is 4.51. The summed E-state index contributed by atoms with van der Waals surface area (Å²) >= 11 is 0. The maximum atomic E-state index is 12.3. The first-order valence-corrected chi connectivity index (χ1v) is 7.36. The SMILES string of the molecule is COC(=O)CC[C@@H](NC(=O)C1NCC2CCCC21)C(=O)O. The second-order valence-corrected chi connectivity index (χ2v) is 5.75. The molecule has 2 rings (SSSR count). The van der Waals surface area contributed by atoms with Crippen molar-refractivity contribution < 1.29 is 24.2 Å². The molecule has 1 saturated heterocycles. The number of fused-ring (bicyclic) bond motifs is 1. The van der Waals surface area contributed by atoms with Crippen LogP contribution in [0.15, 0.2) is 0 Å². The zero-order valence-corrected chi connectivity index (χ0v) is 12.1. The first kappa shape index (κ1) is 15.8. The number of esters is 1. The molecule has 0 aromatic heterocycles. The molecule has 0 aromatic carbocycles. The van der Waals surface area contributed by atoms with E-state index in [2.05, 4.69) is 15.4 Å². The van der Waals surface area contributed by atoms with Crippen LogP contribution >= 0.6 is 0 Å². The number of methoxy groups -OCH3 is 1. The smallest absolute Gasteiger partial charge is 0.326 e. The van der Waals surface area contributed by atoms with E-state index in [1.807, 2.05) is 0 Å². The van der Waals surface area contributed by atoms with Gasteiger partial charge in [-0.1, -0.05) is 6.42 Å². The van der Waals surface area contributed by atoms with Gasteiger partial charge >= 0.3 is 11.9 Å². The molecule has 1 amide bonds. The third-order valence-electron chi connectivity index (χ3n) is 4.51. The summed E-state index contributed by atoms with van der Waals surface area (Å²) in [5, 5.41) is 14.9. The molecule has 118 valence electrons. The summed E-state index contributed by atoms with van der Waals surface area (Å²) in [6, 6.07) is -1.36. The van der Waals surface area contributed by atoms with Crippen LogP contribution in [-0.4, -0.2) is 48.7 Å². The molecule has 0 aromatic rings. The number of carbonyl (C=O) groups is 3. The van der Waals surface area contributed by atoms with Crippen molar-refractivity contribution in [3.8, 4) is 0 Å². The average molecular weight is 298 g/mol. The largest absolute Gasteiger partial charge is 0.480 e. The first-order valence-electron chi connectivity index (χ1n) is 7.36. The summed E-state index contributed by atoms with van der Waals surface area (Å²) in [5.74, 6) is -1.06. The predicted molar refractivity (Wildman–Crippen MR) is 73.4 cm³/mol. The molecule has 7 heteroatoms. The topological polar surface area (TPSA) is 105 Å². The Balaban J connectivity index is 1.89. The van der Waals surface area contributed by atoms with Gasteiger partial charge in [-0.3, -0.25) is 9.59 Å². The van der Waals surface area contributed by atoms with Crippen molar-refractivity contribution in [2.45, 2.75) is 44.2 Å². The molecule has 21 heavy (non-hydrogen) atoms. The van der Waals surface area contributed by atoms with E-state index in [9.17, 15) is 14.4 Å². The lowest BCUT2D eigenvalue weighted by Gasteiger charge is -2.21. The molecule has 7 nitrogen and oxygen atoms in total. The summed E-state index contributed by atoms with van der Waals surface area (Å²) in [6.45, 7) is 0.822. The molecule has 2 fully saturated rings. The van der Waals surface area contributed by atoms with E-state index >= 15 is 0 Å². The molecule has 3 unspecified atom stereocenters. The highest BCUT2D eigenvalue weighted by Crippen LogP contribution is 2.37. The van der Waals surface area contributed by atoms with Crippen molar-refractivity contribution in [1.29, 1.82) is 0 Å². The van der Waals surface area contributed by atoms with Gasteiger partial charge in [-0.25, -0.2) is 4.79 Å². The van der Waals surface area contributed by atoms with Crippen LogP contribution in [0.1, 0.15) is 32.1 Å². The summed E-state index contributed by atoms with van der Waals surface area (Å²) < 4.78 is 4.48. The van der Waals surface area contributed by atoms with Gasteiger partial charge in [0.1, 0.15) is 6.04 Å².